The van der Waals surface area contributed by atoms with Crippen LogP contribution in [0.4, 0.5) is 5.82 Å². The van der Waals surface area contributed by atoms with E-state index in [0.29, 0.717) is 23.7 Å². The summed E-state index contributed by atoms with van der Waals surface area (Å²) in [5, 5.41) is 0. The van der Waals surface area contributed by atoms with Crippen molar-refractivity contribution in [3.8, 4) is 6.01 Å². The van der Waals surface area contributed by atoms with E-state index in [9.17, 15) is 4.79 Å². The predicted octanol–water partition coefficient (Wildman–Crippen LogP) is 1.25. The van der Waals surface area contributed by atoms with Gasteiger partial charge in [-0.1, -0.05) is 30.3 Å². The Hall–Kier alpha value is -3.16. The van der Waals surface area contributed by atoms with E-state index in [-0.39, 0.29) is 11.6 Å². The average molecular weight is 313 g/mol. The first-order valence-electron chi connectivity index (χ1n) is 6.84. The Balaban J connectivity index is 2.18. The lowest BCUT2D eigenvalue weighted by Crippen LogP contribution is -2.11. The molecule has 0 aliphatic heterocycles. The highest BCUT2D eigenvalue weighted by atomic mass is 16.5. The highest BCUT2D eigenvalue weighted by Crippen LogP contribution is 2.24. The van der Waals surface area contributed by atoms with Crippen LogP contribution in [0.25, 0.3) is 11.2 Å². The molecule has 2 N–H and O–H groups in total. The van der Waals surface area contributed by atoms with Gasteiger partial charge in [-0.3, -0.25) is 4.57 Å². The molecule has 2 aromatic heterocycles. The van der Waals surface area contributed by atoms with Gasteiger partial charge in [0.15, 0.2) is 17.0 Å². The number of fused-ring (bicyclic) bond motifs is 1. The standard InChI is InChI=1S/C15H15N5O3/c1-22-14(21)12-18-11(16)10-13(19-12)20(15(17-10)23-2)8-9-6-4-3-5-7-9/h3-7H,8H2,1-2H3,(H2,16,18,19). The van der Waals surface area contributed by atoms with E-state index in [2.05, 4.69) is 19.7 Å². The quantitative estimate of drug-likeness (QED) is 0.723. The number of benzene rings is 1. The van der Waals surface area contributed by atoms with Gasteiger partial charge in [0.1, 0.15) is 0 Å². The Morgan fingerprint density at radius 1 is 1.17 bits per heavy atom. The number of carbonyl (C=O) groups is 1. The number of anilines is 1. The lowest BCUT2D eigenvalue weighted by atomic mass is 10.2. The fourth-order valence-corrected chi connectivity index (χ4v) is 2.25. The highest BCUT2D eigenvalue weighted by molar-refractivity contribution is 5.91. The maximum atomic E-state index is 11.7. The molecule has 8 heteroatoms. The summed E-state index contributed by atoms with van der Waals surface area (Å²) in [7, 11) is 2.77. The Morgan fingerprint density at radius 3 is 2.57 bits per heavy atom. The van der Waals surface area contributed by atoms with E-state index < -0.39 is 5.97 Å². The molecule has 118 valence electrons. The van der Waals surface area contributed by atoms with Crippen molar-refractivity contribution in [3.63, 3.8) is 0 Å². The van der Waals surface area contributed by atoms with Crippen molar-refractivity contribution in [2.75, 3.05) is 20.0 Å². The molecule has 1 aromatic carbocycles. The molecule has 23 heavy (non-hydrogen) atoms. The molecule has 0 aliphatic rings. The molecule has 0 saturated heterocycles. The maximum Gasteiger partial charge on any atom is 0.376 e. The van der Waals surface area contributed by atoms with Gasteiger partial charge in [0.2, 0.25) is 5.82 Å². The summed E-state index contributed by atoms with van der Waals surface area (Å²) in [6.07, 6.45) is 0. The molecule has 2 heterocycles. The molecule has 0 aliphatic carbocycles. The van der Waals surface area contributed by atoms with Gasteiger partial charge in [0.05, 0.1) is 20.8 Å². The number of rotatable bonds is 4. The van der Waals surface area contributed by atoms with E-state index >= 15 is 0 Å². The molecule has 0 fully saturated rings. The molecule has 0 saturated carbocycles. The van der Waals surface area contributed by atoms with Crippen LogP contribution in [0.5, 0.6) is 6.01 Å². The number of esters is 1. The minimum Gasteiger partial charge on any atom is -0.468 e. The molecule has 3 aromatic rings. The minimum atomic E-state index is -0.662. The molecule has 8 nitrogen and oxygen atoms in total. The molecule has 0 bridgehead atoms. The summed E-state index contributed by atoms with van der Waals surface area (Å²) in [5.41, 5.74) is 7.71. The van der Waals surface area contributed by atoms with Gasteiger partial charge < -0.3 is 15.2 Å². The highest BCUT2D eigenvalue weighted by Gasteiger charge is 2.20. The molecule has 0 amide bonds. The van der Waals surface area contributed by atoms with Crippen molar-refractivity contribution >= 4 is 23.0 Å². The number of carbonyl (C=O) groups excluding carboxylic acids is 1. The number of hydrogen-bond acceptors (Lipinski definition) is 7. The van der Waals surface area contributed by atoms with Crippen molar-refractivity contribution in [3.05, 3.63) is 41.7 Å². The third-order valence-corrected chi connectivity index (χ3v) is 3.32. The summed E-state index contributed by atoms with van der Waals surface area (Å²) in [5.74, 6) is -0.681. The van der Waals surface area contributed by atoms with E-state index in [1.807, 2.05) is 30.3 Å². The summed E-state index contributed by atoms with van der Waals surface area (Å²) in [6, 6.07) is 10.1. The second kappa shape index (κ2) is 5.91. The molecule has 3 rings (SSSR count). The van der Waals surface area contributed by atoms with Gasteiger partial charge in [0, 0.05) is 0 Å². The van der Waals surface area contributed by atoms with Crippen LogP contribution in [0.1, 0.15) is 16.2 Å². The molecule has 0 atom stereocenters. The first-order valence-corrected chi connectivity index (χ1v) is 6.84. The number of ether oxygens (including phenoxy) is 2. The number of nitrogen functional groups attached to an aromatic ring is 1. The number of imidazole rings is 1. The lowest BCUT2D eigenvalue weighted by Gasteiger charge is -2.07. The van der Waals surface area contributed by atoms with Crippen molar-refractivity contribution in [1.82, 2.24) is 19.5 Å². The van der Waals surface area contributed by atoms with Gasteiger partial charge in [-0.05, 0) is 5.56 Å². The lowest BCUT2D eigenvalue weighted by molar-refractivity contribution is 0.0587. The van der Waals surface area contributed by atoms with Crippen LogP contribution in [0, 0.1) is 0 Å². The number of nitrogens with zero attached hydrogens (tertiary/aromatic N) is 4. The number of methoxy groups -OCH3 is 2. The van der Waals surface area contributed by atoms with Crippen LogP contribution in [-0.4, -0.2) is 39.7 Å². The topological polar surface area (TPSA) is 105 Å². The average Bonchev–Trinajstić information content (AvgIpc) is 2.93. The number of aromatic nitrogens is 4. The molecule has 0 unspecified atom stereocenters. The zero-order chi connectivity index (χ0) is 16.4. The molecular weight excluding hydrogens is 298 g/mol. The smallest absolute Gasteiger partial charge is 0.376 e. The summed E-state index contributed by atoms with van der Waals surface area (Å²) >= 11 is 0. The van der Waals surface area contributed by atoms with Crippen LogP contribution in [0.2, 0.25) is 0 Å². The first-order chi connectivity index (χ1) is 11.1. The number of hydrogen-bond donors (Lipinski definition) is 1. The third kappa shape index (κ3) is 2.66. The number of nitrogens with two attached hydrogens (primary N) is 1. The van der Waals surface area contributed by atoms with E-state index in [4.69, 9.17) is 10.5 Å². The first kappa shape index (κ1) is 14.8. The SMILES string of the molecule is COC(=O)c1nc(N)c2nc(OC)n(Cc3ccccc3)c2n1. The summed E-state index contributed by atoms with van der Waals surface area (Å²) < 4.78 is 11.7. The Kier molecular flexibility index (Phi) is 3.80. The van der Waals surface area contributed by atoms with E-state index in [0.717, 1.165) is 5.56 Å². The van der Waals surface area contributed by atoms with Crippen LogP contribution < -0.4 is 10.5 Å². The monoisotopic (exact) mass is 313 g/mol. The Labute approximate surface area is 131 Å². The van der Waals surface area contributed by atoms with Crippen LogP contribution in [-0.2, 0) is 11.3 Å². The van der Waals surface area contributed by atoms with Crippen LogP contribution in [0.15, 0.2) is 30.3 Å². The van der Waals surface area contributed by atoms with Crippen molar-refractivity contribution in [1.29, 1.82) is 0 Å². The van der Waals surface area contributed by atoms with Crippen molar-refractivity contribution in [2.24, 2.45) is 0 Å². The van der Waals surface area contributed by atoms with Crippen LogP contribution >= 0.6 is 0 Å². The molecular formula is C15H15N5O3. The second-order valence-corrected chi connectivity index (χ2v) is 4.77. The fraction of sp³-hybridized carbons (Fsp3) is 0.200. The third-order valence-electron chi connectivity index (χ3n) is 3.32. The zero-order valence-corrected chi connectivity index (χ0v) is 12.7. The Bertz CT molecular complexity index is 860. The fourth-order valence-electron chi connectivity index (χ4n) is 2.25. The predicted molar refractivity (Wildman–Crippen MR) is 83.2 cm³/mol. The van der Waals surface area contributed by atoms with E-state index in [1.165, 1.54) is 14.2 Å². The van der Waals surface area contributed by atoms with Crippen molar-refractivity contribution in [2.45, 2.75) is 6.54 Å². The van der Waals surface area contributed by atoms with Gasteiger partial charge in [-0.2, -0.15) is 4.98 Å². The van der Waals surface area contributed by atoms with Gasteiger partial charge in [-0.25, -0.2) is 14.8 Å². The van der Waals surface area contributed by atoms with Gasteiger partial charge in [0.25, 0.3) is 6.01 Å². The minimum absolute atomic E-state index is 0.0977. The zero-order valence-electron chi connectivity index (χ0n) is 12.7. The second-order valence-electron chi connectivity index (χ2n) is 4.77. The van der Waals surface area contributed by atoms with Gasteiger partial charge in [-0.15, -0.1) is 0 Å². The molecule has 0 radical (unpaired) electrons. The summed E-state index contributed by atoms with van der Waals surface area (Å²) in [4.78, 5) is 24.1. The largest absolute Gasteiger partial charge is 0.468 e. The molecule has 0 spiro atoms. The normalized spacial score (nSPS) is 10.7. The maximum absolute atomic E-state index is 11.7. The van der Waals surface area contributed by atoms with E-state index in [1.54, 1.807) is 4.57 Å². The Morgan fingerprint density at radius 2 is 1.91 bits per heavy atom. The van der Waals surface area contributed by atoms with Crippen LogP contribution in [0.3, 0.4) is 0 Å². The van der Waals surface area contributed by atoms with Crippen molar-refractivity contribution < 1.29 is 14.3 Å². The summed E-state index contributed by atoms with van der Waals surface area (Å²) in [6.45, 7) is 0.470. The van der Waals surface area contributed by atoms with Gasteiger partial charge >= 0.3 is 5.97 Å².